The van der Waals surface area contributed by atoms with Crippen molar-refractivity contribution < 1.29 is 13.2 Å². The van der Waals surface area contributed by atoms with Crippen LogP contribution in [-0.4, -0.2) is 19.5 Å². The molecule has 100 valence electrons. The van der Waals surface area contributed by atoms with Gasteiger partial charge in [0.25, 0.3) is 0 Å². The number of halogens is 3. The first-order valence-electron chi connectivity index (χ1n) is 4.84. The first-order valence-corrected chi connectivity index (χ1v) is 4.84. The Morgan fingerprint density at radius 3 is 2.42 bits per heavy atom. The Morgan fingerprint density at radius 1 is 1.21 bits per heavy atom. The maximum absolute atomic E-state index is 12.5. The lowest BCUT2D eigenvalue weighted by Crippen LogP contribution is -2.24. The average Bonchev–Trinajstić information content (AvgIpc) is 2.26. The zero-order valence-corrected chi connectivity index (χ0v) is 9.22. The number of nitrogens with two attached hydrogens (primary N) is 2. The van der Waals surface area contributed by atoms with Gasteiger partial charge in [0.1, 0.15) is 17.2 Å². The molecule has 0 unspecified atom stereocenters. The van der Waals surface area contributed by atoms with Crippen LogP contribution >= 0.6 is 0 Å². The van der Waals surface area contributed by atoms with Crippen LogP contribution in [0.3, 0.4) is 0 Å². The molecule has 0 aliphatic heterocycles. The number of hydrogen-bond donors (Lipinski definition) is 2. The van der Waals surface area contributed by atoms with Gasteiger partial charge in [0.2, 0.25) is 5.95 Å². The van der Waals surface area contributed by atoms with E-state index in [2.05, 4.69) is 15.0 Å². The Kier molecular flexibility index (Phi) is 2.85. The van der Waals surface area contributed by atoms with E-state index in [1.165, 1.54) is 12.3 Å². The standard InChI is InChI=1S/C9H7F3N6O/c10-9(11,12)4-3-15-7(17-6(4)14)18-2-1-5(13)16-8(18)19/h1-3H,(H2,13,16,19)(H2,14,15,17). The van der Waals surface area contributed by atoms with Crippen molar-refractivity contribution in [2.45, 2.75) is 6.18 Å². The topological polar surface area (TPSA) is 113 Å². The van der Waals surface area contributed by atoms with E-state index in [0.29, 0.717) is 6.20 Å². The van der Waals surface area contributed by atoms with Gasteiger partial charge in [0.15, 0.2) is 0 Å². The molecule has 2 aromatic rings. The van der Waals surface area contributed by atoms with E-state index < -0.39 is 23.2 Å². The minimum atomic E-state index is -4.66. The molecule has 0 atom stereocenters. The fraction of sp³-hybridized carbons (Fsp3) is 0.111. The molecule has 0 aromatic carbocycles. The molecular formula is C9H7F3N6O. The molecule has 0 fully saturated rings. The molecule has 7 nitrogen and oxygen atoms in total. The molecule has 19 heavy (non-hydrogen) atoms. The Labute approximate surface area is 103 Å². The van der Waals surface area contributed by atoms with Crippen LogP contribution < -0.4 is 17.2 Å². The van der Waals surface area contributed by atoms with Crippen molar-refractivity contribution >= 4 is 11.6 Å². The summed E-state index contributed by atoms with van der Waals surface area (Å²) in [6.45, 7) is 0. The van der Waals surface area contributed by atoms with Gasteiger partial charge in [0.05, 0.1) is 0 Å². The van der Waals surface area contributed by atoms with Crippen LogP contribution in [0.1, 0.15) is 5.56 Å². The van der Waals surface area contributed by atoms with Crippen molar-refractivity contribution in [3.05, 3.63) is 34.5 Å². The highest BCUT2D eigenvalue weighted by Gasteiger charge is 2.34. The number of nitrogen functional groups attached to an aromatic ring is 2. The second-order valence-electron chi connectivity index (χ2n) is 3.47. The van der Waals surface area contributed by atoms with Gasteiger partial charge in [-0.05, 0) is 6.07 Å². The summed E-state index contributed by atoms with van der Waals surface area (Å²) in [5.74, 6) is -1.12. The van der Waals surface area contributed by atoms with E-state index in [0.717, 1.165) is 4.57 Å². The quantitative estimate of drug-likeness (QED) is 0.767. The van der Waals surface area contributed by atoms with Crippen LogP contribution in [0.2, 0.25) is 0 Å². The second kappa shape index (κ2) is 4.23. The summed E-state index contributed by atoms with van der Waals surface area (Å²) in [6.07, 6.45) is -2.97. The monoisotopic (exact) mass is 272 g/mol. The molecule has 0 saturated heterocycles. The lowest BCUT2D eigenvalue weighted by atomic mass is 10.3. The summed E-state index contributed by atoms with van der Waals surface area (Å²) in [5, 5.41) is 0. The molecule has 2 aromatic heterocycles. The number of nitrogens with zero attached hydrogens (tertiary/aromatic N) is 4. The Hall–Kier alpha value is -2.65. The van der Waals surface area contributed by atoms with Gasteiger partial charge in [-0.2, -0.15) is 23.1 Å². The van der Waals surface area contributed by atoms with Crippen molar-refractivity contribution in [1.82, 2.24) is 19.5 Å². The van der Waals surface area contributed by atoms with E-state index in [1.54, 1.807) is 0 Å². The van der Waals surface area contributed by atoms with Crippen molar-refractivity contribution in [3.63, 3.8) is 0 Å². The third-order valence-corrected chi connectivity index (χ3v) is 2.15. The van der Waals surface area contributed by atoms with Gasteiger partial charge in [0, 0.05) is 12.4 Å². The van der Waals surface area contributed by atoms with Gasteiger partial charge < -0.3 is 11.5 Å². The fourth-order valence-electron chi connectivity index (χ4n) is 1.29. The lowest BCUT2D eigenvalue weighted by Gasteiger charge is -2.10. The lowest BCUT2D eigenvalue weighted by molar-refractivity contribution is -0.137. The molecule has 4 N–H and O–H groups in total. The third-order valence-electron chi connectivity index (χ3n) is 2.15. The number of aromatic nitrogens is 4. The first kappa shape index (κ1) is 12.8. The van der Waals surface area contributed by atoms with Crippen LogP contribution in [0.4, 0.5) is 24.8 Å². The highest BCUT2D eigenvalue weighted by Crippen LogP contribution is 2.31. The number of rotatable bonds is 1. The molecule has 0 spiro atoms. The van der Waals surface area contributed by atoms with Crippen LogP contribution in [0, 0.1) is 0 Å². The van der Waals surface area contributed by atoms with Crippen LogP contribution in [0.15, 0.2) is 23.3 Å². The van der Waals surface area contributed by atoms with Crippen molar-refractivity contribution in [3.8, 4) is 5.95 Å². The SMILES string of the molecule is Nc1ccn(-c2ncc(C(F)(F)F)c(N)n2)c(=O)n1. The predicted octanol–water partition coefficient (Wildman–Crippen LogP) is 0.206. The van der Waals surface area contributed by atoms with Gasteiger partial charge in [-0.1, -0.05) is 0 Å². The summed E-state index contributed by atoms with van der Waals surface area (Å²) in [6, 6.07) is 1.28. The maximum atomic E-state index is 12.5. The Morgan fingerprint density at radius 2 is 1.89 bits per heavy atom. The largest absolute Gasteiger partial charge is 0.421 e. The molecule has 0 saturated carbocycles. The summed E-state index contributed by atoms with van der Waals surface area (Å²) in [4.78, 5) is 21.7. The number of alkyl halides is 3. The van der Waals surface area contributed by atoms with E-state index >= 15 is 0 Å². The van der Waals surface area contributed by atoms with Crippen molar-refractivity contribution in [2.75, 3.05) is 11.5 Å². The summed E-state index contributed by atoms with van der Waals surface area (Å²) in [7, 11) is 0. The summed E-state index contributed by atoms with van der Waals surface area (Å²) < 4.78 is 38.2. The minimum absolute atomic E-state index is 0.0267. The summed E-state index contributed by atoms with van der Waals surface area (Å²) >= 11 is 0. The summed E-state index contributed by atoms with van der Waals surface area (Å²) in [5.41, 5.74) is 8.48. The third kappa shape index (κ3) is 2.46. The average molecular weight is 272 g/mol. The highest BCUT2D eigenvalue weighted by atomic mass is 19.4. The maximum Gasteiger partial charge on any atom is 0.421 e. The predicted molar refractivity (Wildman–Crippen MR) is 59.3 cm³/mol. The Bertz CT molecular complexity index is 680. The van der Waals surface area contributed by atoms with Gasteiger partial charge in [-0.25, -0.2) is 14.3 Å². The van der Waals surface area contributed by atoms with Crippen LogP contribution in [-0.2, 0) is 6.18 Å². The van der Waals surface area contributed by atoms with E-state index in [-0.39, 0.29) is 11.8 Å². The molecule has 0 radical (unpaired) electrons. The van der Waals surface area contributed by atoms with Gasteiger partial charge in [-0.15, -0.1) is 0 Å². The van der Waals surface area contributed by atoms with E-state index in [1.807, 2.05) is 0 Å². The fourth-order valence-corrected chi connectivity index (χ4v) is 1.29. The molecule has 0 amide bonds. The van der Waals surface area contributed by atoms with Gasteiger partial charge >= 0.3 is 11.9 Å². The van der Waals surface area contributed by atoms with Crippen LogP contribution in [0.5, 0.6) is 0 Å². The van der Waals surface area contributed by atoms with Gasteiger partial charge in [-0.3, -0.25) is 0 Å². The number of hydrogen-bond acceptors (Lipinski definition) is 6. The molecular weight excluding hydrogens is 265 g/mol. The first-order chi connectivity index (χ1) is 8.79. The molecule has 0 aliphatic carbocycles. The van der Waals surface area contributed by atoms with Crippen molar-refractivity contribution in [2.24, 2.45) is 0 Å². The van der Waals surface area contributed by atoms with Crippen molar-refractivity contribution in [1.29, 1.82) is 0 Å². The zero-order valence-electron chi connectivity index (χ0n) is 9.22. The molecule has 0 aliphatic rings. The minimum Gasteiger partial charge on any atom is -0.383 e. The van der Waals surface area contributed by atoms with E-state index in [4.69, 9.17) is 11.5 Å². The second-order valence-corrected chi connectivity index (χ2v) is 3.47. The smallest absolute Gasteiger partial charge is 0.383 e. The normalized spacial score (nSPS) is 11.5. The van der Waals surface area contributed by atoms with E-state index in [9.17, 15) is 18.0 Å². The molecule has 2 rings (SSSR count). The van der Waals surface area contributed by atoms with Crippen LogP contribution in [0.25, 0.3) is 5.95 Å². The number of anilines is 2. The molecule has 2 heterocycles. The highest BCUT2D eigenvalue weighted by molar-refractivity contribution is 5.42. The molecule has 0 bridgehead atoms. The zero-order chi connectivity index (χ0) is 14.2. The Balaban J connectivity index is 2.54. The molecule has 10 heteroatoms.